The van der Waals surface area contributed by atoms with Crippen molar-refractivity contribution in [2.24, 2.45) is 4.99 Å². The Morgan fingerprint density at radius 1 is 1.31 bits per heavy atom. The van der Waals surface area contributed by atoms with E-state index < -0.39 is 0 Å². The topological polar surface area (TPSA) is 59.9 Å². The Kier molecular flexibility index (Phi) is 7.18. The van der Waals surface area contributed by atoms with Gasteiger partial charge in [-0.3, -0.25) is 4.79 Å². The Hall–Kier alpha value is -2.07. The molecule has 0 saturated carbocycles. The summed E-state index contributed by atoms with van der Waals surface area (Å²) in [4.78, 5) is 17.2. The molecule has 5 nitrogen and oxygen atoms in total. The minimum Gasteiger partial charge on any atom is -0.493 e. The zero-order valence-corrected chi connectivity index (χ0v) is 19.1. The van der Waals surface area contributed by atoms with Gasteiger partial charge in [0.2, 0.25) is 0 Å². The molecule has 1 N–H and O–H groups in total. The summed E-state index contributed by atoms with van der Waals surface area (Å²) < 4.78 is 25.4. The molecular weight excluding hydrogens is 506 g/mol. The van der Waals surface area contributed by atoms with Crippen LogP contribution in [0.2, 0.25) is 0 Å². The summed E-state index contributed by atoms with van der Waals surface area (Å²) in [5.74, 6) is 0.756. The number of benzene rings is 2. The van der Waals surface area contributed by atoms with E-state index in [-0.39, 0.29) is 17.8 Å². The molecule has 1 fully saturated rings. The zero-order chi connectivity index (χ0) is 21.0. The van der Waals surface area contributed by atoms with Gasteiger partial charge in [-0.15, -0.1) is 0 Å². The van der Waals surface area contributed by atoms with E-state index in [1.54, 1.807) is 25.3 Å². The normalized spacial score (nSPS) is 17.5. The molecule has 0 aromatic heterocycles. The monoisotopic (exact) mass is 526 g/mol. The first-order valence-electron chi connectivity index (χ1n) is 8.99. The highest BCUT2D eigenvalue weighted by molar-refractivity contribution is 14.1. The van der Waals surface area contributed by atoms with E-state index in [1.165, 1.54) is 23.9 Å². The van der Waals surface area contributed by atoms with Gasteiger partial charge >= 0.3 is 0 Å². The van der Waals surface area contributed by atoms with Crippen LogP contribution >= 0.6 is 34.4 Å². The Balaban J connectivity index is 1.85. The molecule has 29 heavy (non-hydrogen) atoms. The molecule has 1 saturated heterocycles. The molecule has 0 aliphatic carbocycles. The van der Waals surface area contributed by atoms with Gasteiger partial charge < -0.3 is 14.8 Å². The lowest BCUT2D eigenvalue weighted by Crippen LogP contribution is -2.19. The van der Waals surface area contributed by atoms with Gasteiger partial charge in [0.05, 0.1) is 27.4 Å². The van der Waals surface area contributed by atoms with Gasteiger partial charge in [-0.1, -0.05) is 6.92 Å². The first-order valence-corrected chi connectivity index (χ1v) is 10.9. The minimum absolute atomic E-state index is 0.0722. The quantitative estimate of drug-likeness (QED) is 0.399. The molecule has 1 amide bonds. The molecule has 1 heterocycles. The van der Waals surface area contributed by atoms with Gasteiger partial charge in [0.1, 0.15) is 5.82 Å². The SMILES string of the molecule is CC[C@@H](C)Oc1c(I)cc(/C=C2/SC(=Nc3ccc(F)cc3)NC2=O)cc1OC. The maximum Gasteiger partial charge on any atom is 0.264 e. The largest absolute Gasteiger partial charge is 0.493 e. The molecular formula is C21H20FIN2O3S. The lowest BCUT2D eigenvalue weighted by Gasteiger charge is -2.17. The Labute approximate surface area is 186 Å². The summed E-state index contributed by atoms with van der Waals surface area (Å²) >= 11 is 3.43. The molecule has 0 spiro atoms. The number of amidine groups is 1. The van der Waals surface area contributed by atoms with Crippen LogP contribution in [0.15, 0.2) is 46.3 Å². The maximum absolute atomic E-state index is 13.0. The standard InChI is InChI=1S/C21H20FIN2O3S/c1-4-12(2)28-19-16(23)9-13(10-17(19)27-3)11-18-20(26)25-21(29-18)24-15-7-5-14(22)6-8-15/h5-12H,4H2,1-3H3,(H,24,25,26)/b18-11+/t12-/m1/s1. The van der Waals surface area contributed by atoms with Crippen LogP contribution in [0, 0.1) is 9.39 Å². The number of methoxy groups -OCH3 is 1. The van der Waals surface area contributed by atoms with Crippen LogP contribution in [0.4, 0.5) is 10.1 Å². The van der Waals surface area contributed by atoms with Crippen molar-refractivity contribution >= 4 is 57.2 Å². The summed E-state index contributed by atoms with van der Waals surface area (Å²) in [5, 5.41) is 3.18. The lowest BCUT2D eigenvalue weighted by atomic mass is 10.2. The van der Waals surface area contributed by atoms with Crippen molar-refractivity contribution in [3.05, 3.63) is 56.3 Å². The lowest BCUT2D eigenvalue weighted by molar-refractivity contribution is -0.115. The van der Waals surface area contributed by atoms with E-state index in [0.29, 0.717) is 27.3 Å². The number of amides is 1. The van der Waals surface area contributed by atoms with E-state index in [2.05, 4.69) is 39.8 Å². The number of hydrogen-bond acceptors (Lipinski definition) is 5. The van der Waals surface area contributed by atoms with Gasteiger partial charge in [0.25, 0.3) is 5.91 Å². The summed E-state index contributed by atoms with van der Waals surface area (Å²) in [6.45, 7) is 4.07. The molecule has 1 atom stereocenters. The van der Waals surface area contributed by atoms with Crippen molar-refractivity contribution in [3.63, 3.8) is 0 Å². The Bertz CT molecular complexity index is 977. The molecule has 152 valence electrons. The van der Waals surface area contributed by atoms with Crippen LogP contribution in [0.5, 0.6) is 11.5 Å². The van der Waals surface area contributed by atoms with Crippen LogP contribution in [0.25, 0.3) is 6.08 Å². The number of halogens is 2. The number of nitrogens with one attached hydrogen (secondary N) is 1. The fourth-order valence-electron chi connectivity index (χ4n) is 2.49. The van der Waals surface area contributed by atoms with Gasteiger partial charge in [0.15, 0.2) is 16.7 Å². The second-order valence-electron chi connectivity index (χ2n) is 6.33. The van der Waals surface area contributed by atoms with Crippen molar-refractivity contribution in [1.82, 2.24) is 5.32 Å². The van der Waals surface area contributed by atoms with E-state index in [9.17, 15) is 9.18 Å². The summed E-state index contributed by atoms with van der Waals surface area (Å²) in [6.07, 6.45) is 2.74. The van der Waals surface area contributed by atoms with E-state index in [0.717, 1.165) is 15.6 Å². The van der Waals surface area contributed by atoms with Gasteiger partial charge in [0, 0.05) is 0 Å². The Morgan fingerprint density at radius 2 is 2.03 bits per heavy atom. The number of thioether (sulfide) groups is 1. The Morgan fingerprint density at radius 3 is 2.69 bits per heavy atom. The van der Waals surface area contributed by atoms with E-state index >= 15 is 0 Å². The molecule has 0 unspecified atom stereocenters. The van der Waals surface area contributed by atoms with E-state index in [4.69, 9.17) is 9.47 Å². The minimum atomic E-state index is -0.332. The molecule has 1 aliphatic heterocycles. The fraction of sp³-hybridized carbons (Fsp3) is 0.238. The first-order chi connectivity index (χ1) is 13.9. The predicted octanol–water partition coefficient (Wildman–Crippen LogP) is 5.51. The van der Waals surface area contributed by atoms with Gasteiger partial charge in [-0.25, -0.2) is 9.38 Å². The number of nitrogens with zero attached hydrogens (tertiary/aromatic N) is 1. The number of ether oxygens (including phenoxy) is 2. The van der Waals surface area contributed by atoms with Crippen LogP contribution in [0.3, 0.4) is 0 Å². The highest BCUT2D eigenvalue weighted by atomic mass is 127. The van der Waals surface area contributed by atoms with Crippen molar-refractivity contribution in [2.75, 3.05) is 7.11 Å². The fourth-order valence-corrected chi connectivity index (χ4v) is 4.08. The average Bonchev–Trinajstić information content (AvgIpc) is 3.04. The number of hydrogen-bond donors (Lipinski definition) is 1. The number of aliphatic imine (C=N–C) groups is 1. The third kappa shape index (κ3) is 5.51. The van der Waals surface area contributed by atoms with Crippen LogP contribution in [0.1, 0.15) is 25.8 Å². The first kappa shape index (κ1) is 21.6. The average molecular weight is 526 g/mol. The third-order valence-corrected chi connectivity index (χ3v) is 5.86. The van der Waals surface area contributed by atoms with Crippen molar-refractivity contribution in [3.8, 4) is 11.5 Å². The van der Waals surface area contributed by atoms with Crippen molar-refractivity contribution in [2.45, 2.75) is 26.4 Å². The number of carbonyl (C=O) groups excluding carboxylic acids is 1. The molecule has 8 heteroatoms. The number of rotatable bonds is 6. The second-order valence-corrected chi connectivity index (χ2v) is 8.52. The number of carbonyl (C=O) groups is 1. The van der Waals surface area contributed by atoms with Crippen LogP contribution < -0.4 is 14.8 Å². The summed E-state index contributed by atoms with van der Waals surface area (Å²) in [7, 11) is 1.59. The molecule has 2 aromatic rings. The molecule has 2 aromatic carbocycles. The summed E-state index contributed by atoms with van der Waals surface area (Å²) in [6, 6.07) is 9.55. The second kappa shape index (κ2) is 9.62. The maximum atomic E-state index is 13.0. The van der Waals surface area contributed by atoms with Gasteiger partial charge in [-0.05, 0) is 95.7 Å². The molecule has 0 radical (unpaired) electrons. The van der Waals surface area contributed by atoms with E-state index in [1.807, 2.05) is 19.1 Å². The highest BCUT2D eigenvalue weighted by Crippen LogP contribution is 2.37. The van der Waals surface area contributed by atoms with Gasteiger partial charge in [-0.2, -0.15) is 0 Å². The molecule has 1 aliphatic rings. The highest BCUT2D eigenvalue weighted by Gasteiger charge is 2.24. The van der Waals surface area contributed by atoms with Crippen molar-refractivity contribution in [1.29, 1.82) is 0 Å². The van der Waals surface area contributed by atoms with Crippen LogP contribution in [-0.4, -0.2) is 24.3 Å². The molecule has 0 bridgehead atoms. The molecule has 3 rings (SSSR count). The van der Waals surface area contributed by atoms with Crippen LogP contribution in [-0.2, 0) is 4.79 Å². The van der Waals surface area contributed by atoms with Crippen molar-refractivity contribution < 1.29 is 18.7 Å². The zero-order valence-electron chi connectivity index (χ0n) is 16.2. The summed E-state index contributed by atoms with van der Waals surface area (Å²) in [5.41, 5.74) is 1.39. The predicted molar refractivity (Wildman–Crippen MR) is 123 cm³/mol. The third-order valence-electron chi connectivity index (χ3n) is 4.15. The smallest absolute Gasteiger partial charge is 0.264 e.